The maximum absolute atomic E-state index is 12.8. The second kappa shape index (κ2) is 8.02. The Kier molecular flexibility index (Phi) is 6.25. The molecule has 0 fully saturated rings. The maximum atomic E-state index is 12.8. The molecule has 0 unspecified atom stereocenters. The predicted octanol–water partition coefficient (Wildman–Crippen LogP) is 2.95. The second-order valence-corrected chi connectivity index (χ2v) is 8.35. The lowest BCUT2D eigenvalue weighted by molar-refractivity contribution is -0.128. The molecule has 0 aromatic carbocycles. The van der Waals surface area contributed by atoms with Gasteiger partial charge in [0.25, 0.3) is 5.56 Å². The number of aryl methyl sites for hydroxylation is 2. The van der Waals surface area contributed by atoms with Crippen molar-refractivity contribution in [1.82, 2.24) is 14.5 Å². The predicted molar refractivity (Wildman–Crippen MR) is 102 cm³/mol. The number of carbonyl (C=O) groups is 1. The Hall–Kier alpha value is -1.85. The Labute approximate surface area is 155 Å². The summed E-state index contributed by atoms with van der Waals surface area (Å²) in [5.74, 6) is -0.0733. The van der Waals surface area contributed by atoms with E-state index in [2.05, 4.69) is 4.98 Å². The fourth-order valence-corrected chi connectivity index (χ4v) is 4.68. The monoisotopic (exact) mass is 378 g/mol. The number of thiophene rings is 1. The zero-order valence-electron chi connectivity index (χ0n) is 15.1. The minimum absolute atomic E-state index is 0.0469. The number of hydrogen-bond acceptors (Lipinski definition) is 6. The number of aromatic nitrogens is 2. The highest BCUT2D eigenvalue weighted by atomic mass is 32.2. The van der Waals surface area contributed by atoms with Crippen LogP contribution >= 0.6 is 23.1 Å². The number of hydrogen-bond donors (Lipinski definition) is 0. The molecule has 1 atom stereocenters. The van der Waals surface area contributed by atoms with Crippen LogP contribution in [0, 0.1) is 25.2 Å². The van der Waals surface area contributed by atoms with Crippen LogP contribution in [0.3, 0.4) is 0 Å². The summed E-state index contributed by atoms with van der Waals surface area (Å²) < 4.78 is 1.63. The van der Waals surface area contributed by atoms with Crippen molar-refractivity contribution in [2.24, 2.45) is 0 Å². The fourth-order valence-electron chi connectivity index (χ4n) is 2.52. The van der Waals surface area contributed by atoms with Gasteiger partial charge in [-0.3, -0.25) is 14.2 Å². The van der Waals surface area contributed by atoms with E-state index in [-0.39, 0.29) is 16.7 Å². The summed E-state index contributed by atoms with van der Waals surface area (Å²) in [6.45, 7) is 8.54. The molecule has 0 N–H and O–H groups in total. The Morgan fingerprint density at radius 1 is 1.48 bits per heavy atom. The van der Waals surface area contributed by atoms with Crippen molar-refractivity contribution in [3.8, 4) is 6.07 Å². The lowest BCUT2D eigenvalue weighted by Crippen LogP contribution is -2.34. The molecule has 134 valence electrons. The Morgan fingerprint density at radius 3 is 2.76 bits per heavy atom. The van der Waals surface area contributed by atoms with Crippen molar-refractivity contribution < 1.29 is 4.79 Å². The van der Waals surface area contributed by atoms with Gasteiger partial charge < -0.3 is 4.90 Å². The number of nitrogens with zero attached hydrogens (tertiary/aromatic N) is 4. The van der Waals surface area contributed by atoms with Gasteiger partial charge in [-0.05, 0) is 33.3 Å². The fraction of sp³-hybridized carbons (Fsp3) is 0.529. The van der Waals surface area contributed by atoms with Crippen molar-refractivity contribution in [3.05, 3.63) is 20.8 Å². The molecule has 0 saturated heterocycles. The minimum Gasteiger partial charge on any atom is -0.344 e. The van der Waals surface area contributed by atoms with E-state index in [1.54, 1.807) is 23.4 Å². The smallest absolute Gasteiger partial charge is 0.263 e. The summed E-state index contributed by atoms with van der Waals surface area (Å²) in [4.78, 5) is 33.3. The standard InChI is InChI=1S/C17H22N4O2S2/c1-6-21-16(23)13-10(2)11(3)24-14(13)19-17(21)25-12(4)15(22)20(5)9-7-8-18/h12H,6-7,9H2,1-5H3/t12-/m1/s1. The molecule has 8 heteroatoms. The van der Waals surface area contributed by atoms with E-state index in [0.29, 0.717) is 30.1 Å². The maximum Gasteiger partial charge on any atom is 0.263 e. The minimum atomic E-state index is -0.381. The van der Waals surface area contributed by atoms with Crippen LogP contribution in [-0.2, 0) is 11.3 Å². The van der Waals surface area contributed by atoms with Gasteiger partial charge in [0.15, 0.2) is 5.16 Å². The van der Waals surface area contributed by atoms with Crippen molar-refractivity contribution in [2.45, 2.75) is 51.1 Å². The van der Waals surface area contributed by atoms with Gasteiger partial charge in [0.1, 0.15) is 4.83 Å². The van der Waals surface area contributed by atoms with Crippen LogP contribution in [-0.4, -0.2) is 39.2 Å². The van der Waals surface area contributed by atoms with Crippen LogP contribution in [0.2, 0.25) is 0 Å². The first-order chi connectivity index (χ1) is 11.8. The van der Waals surface area contributed by atoms with Gasteiger partial charge >= 0.3 is 0 Å². The normalized spacial score (nSPS) is 12.2. The second-order valence-electron chi connectivity index (χ2n) is 5.84. The lowest BCUT2D eigenvalue weighted by Gasteiger charge is -2.20. The van der Waals surface area contributed by atoms with E-state index in [1.165, 1.54) is 23.1 Å². The van der Waals surface area contributed by atoms with Gasteiger partial charge in [-0.2, -0.15) is 5.26 Å². The van der Waals surface area contributed by atoms with Gasteiger partial charge in [-0.1, -0.05) is 11.8 Å². The molecule has 1 amide bonds. The molecule has 0 radical (unpaired) electrons. The molecule has 0 bridgehead atoms. The molecule has 0 aliphatic rings. The average Bonchev–Trinajstić information content (AvgIpc) is 2.86. The van der Waals surface area contributed by atoms with Crippen molar-refractivity contribution in [1.29, 1.82) is 5.26 Å². The Bertz CT molecular complexity index is 895. The summed E-state index contributed by atoms with van der Waals surface area (Å²) in [5.41, 5.74) is 0.936. The van der Waals surface area contributed by atoms with Gasteiger partial charge in [0, 0.05) is 25.0 Å². The number of amides is 1. The third-order valence-corrected chi connectivity index (χ3v) is 6.31. The highest BCUT2D eigenvalue weighted by Gasteiger charge is 2.22. The topological polar surface area (TPSA) is 79.0 Å². The summed E-state index contributed by atoms with van der Waals surface area (Å²) in [6.07, 6.45) is 0.303. The number of carbonyl (C=O) groups excluding carboxylic acids is 1. The average molecular weight is 379 g/mol. The quantitative estimate of drug-likeness (QED) is 0.570. The summed E-state index contributed by atoms with van der Waals surface area (Å²) in [6, 6.07) is 2.04. The molecule has 2 rings (SSSR count). The van der Waals surface area contributed by atoms with E-state index in [9.17, 15) is 9.59 Å². The summed E-state index contributed by atoms with van der Waals surface area (Å²) in [5, 5.41) is 9.52. The molecular formula is C17H22N4O2S2. The van der Waals surface area contributed by atoms with Crippen molar-refractivity contribution in [3.63, 3.8) is 0 Å². The van der Waals surface area contributed by atoms with Crippen LogP contribution in [0.15, 0.2) is 9.95 Å². The van der Waals surface area contributed by atoms with Crippen LogP contribution in [0.5, 0.6) is 0 Å². The van der Waals surface area contributed by atoms with Crippen LogP contribution < -0.4 is 5.56 Å². The van der Waals surface area contributed by atoms with E-state index in [0.717, 1.165) is 15.3 Å². The van der Waals surface area contributed by atoms with Crippen LogP contribution in [0.4, 0.5) is 0 Å². The van der Waals surface area contributed by atoms with Gasteiger partial charge in [0.05, 0.1) is 23.1 Å². The van der Waals surface area contributed by atoms with Crippen LogP contribution in [0.25, 0.3) is 10.2 Å². The number of nitriles is 1. The molecule has 2 aromatic heterocycles. The third kappa shape index (κ3) is 3.88. The number of rotatable bonds is 6. The molecule has 2 heterocycles. The van der Waals surface area contributed by atoms with E-state index < -0.39 is 0 Å². The Morgan fingerprint density at radius 2 is 2.16 bits per heavy atom. The van der Waals surface area contributed by atoms with Gasteiger partial charge in [-0.15, -0.1) is 11.3 Å². The van der Waals surface area contributed by atoms with Crippen molar-refractivity contribution >= 4 is 39.2 Å². The first kappa shape index (κ1) is 19.5. The van der Waals surface area contributed by atoms with E-state index >= 15 is 0 Å². The van der Waals surface area contributed by atoms with E-state index in [1.807, 2.05) is 26.8 Å². The summed E-state index contributed by atoms with van der Waals surface area (Å²) in [7, 11) is 1.69. The number of fused-ring (bicyclic) bond motifs is 1. The molecule has 2 aromatic rings. The SMILES string of the molecule is CCn1c(S[C@H](C)C(=O)N(C)CCC#N)nc2sc(C)c(C)c2c1=O. The Balaban J connectivity index is 2.36. The van der Waals surface area contributed by atoms with E-state index in [4.69, 9.17) is 5.26 Å². The molecule has 25 heavy (non-hydrogen) atoms. The zero-order valence-corrected chi connectivity index (χ0v) is 16.8. The summed E-state index contributed by atoms with van der Waals surface area (Å²) >= 11 is 2.80. The first-order valence-electron chi connectivity index (χ1n) is 8.10. The van der Waals surface area contributed by atoms with Gasteiger partial charge in [-0.25, -0.2) is 4.98 Å². The highest BCUT2D eigenvalue weighted by molar-refractivity contribution is 8.00. The molecule has 0 aliphatic heterocycles. The molecular weight excluding hydrogens is 356 g/mol. The molecule has 0 aliphatic carbocycles. The van der Waals surface area contributed by atoms with Crippen LogP contribution in [0.1, 0.15) is 30.7 Å². The highest BCUT2D eigenvalue weighted by Crippen LogP contribution is 2.29. The molecule has 6 nitrogen and oxygen atoms in total. The molecule has 0 saturated carbocycles. The zero-order chi connectivity index (χ0) is 18.7. The third-order valence-electron chi connectivity index (χ3n) is 4.14. The van der Waals surface area contributed by atoms with Crippen molar-refractivity contribution in [2.75, 3.05) is 13.6 Å². The number of thioether (sulfide) groups is 1. The first-order valence-corrected chi connectivity index (χ1v) is 9.80. The van der Waals surface area contributed by atoms with Gasteiger partial charge in [0.2, 0.25) is 5.91 Å². The largest absolute Gasteiger partial charge is 0.344 e. The lowest BCUT2D eigenvalue weighted by atomic mass is 10.2. The molecule has 0 spiro atoms.